The van der Waals surface area contributed by atoms with Crippen LogP contribution in [0.4, 0.5) is 10.1 Å². The fourth-order valence-electron chi connectivity index (χ4n) is 2.01. The fraction of sp³-hybridized carbons (Fsp3) is 0.222. The van der Waals surface area contributed by atoms with Gasteiger partial charge in [0.15, 0.2) is 6.10 Å². The Kier molecular flexibility index (Phi) is 5.86. The van der Waals surface area contributed by atoms with E-state index in [1.807, 2.05) is 30.3 Å². The van der Waals surface area contributed by atoms with Gasteiger partial charge >= 0.3 is 5.97 Å². The summed E-state index contributed by atoms with van der Waals surface area (Å²) < 4.78 is 18.1. The van der Waals surface area contributed by atoms with E-state index in [-0.39, 0.29) is 6.42 Å². The molecular formula is C18H18FNO3. The zero-order valence-electron chi connectivity index (χ0n) is 12.8. The van der Waals surface area contributed by atoms with Crippen molar-refractivity contribution in [2.45, 2.75) is 25.9 Å². The lowest BCUT2D eigenvalue weighted by molar-refractivity contribution is -0.153. The summed E-state index contributed by atoms with van der Waals surface area (Å²) in [6, 6.07) is 15.1. The van der Waals surface area contributed by atoms with Crippen LogP contribution in [0.2, 0.25) is 0 Å². The molecule has 4 nitrogen and oxygen atoms in total. The van der Waals surface area contributed by atoms with Crippen LogP contribution in [-0.4, -0.2) is 18.0 Å². The van der Waals surface area contributed by atoms with Crippen LogP contribution in [-0.2, 0) is 20.7 Å². The van der Waals surface area contributed by atoms with Crippen LogP contribution in [0.15, 0.2) is 54.6 Å². The van der Waals surface area contributed by atoms with Gasteiger partial charge in [-0.1, -0.05) is 36.4 Å². The van der Waals surface area contributed by atoms with Crippen molar-refractivity contribution < 1.29 is 18.7 Å². The molecule has 1 unspecified atom stereocenters. The molecule has 0 aromatic heterocycles. The predicted octanol–water partition coefficient (Wildman–Crippen LogP) is 3.33. The van der Waals surface area contributed by atoms with E-state index in [0.717, 1.165) is 5.56 Å². The second-order valence-electron chi connectivity index (χ2n) is 5.12. The summed E-state index contributed by atoms with van der Waals surface area (Å²) in [5.41, 5.74) is 1.35. The van der Waals surface area contributed by atoms with Gasteiger partial charge in [-0.25, -0.2) is 4.39 Å². The Labute approximate surface area is 134 Å². The molecule has 1 atom stereocenters. The number of amides is 1. The first-order valence-electron chi connectivity index (χ1n) is 7.34. The molecule has 0 aliphatic carbocycles. The van der Waals surface area contributed by atoms with Crippen molar-refractivity contribution in [3.8, 4) is 0 Å². The maximum atomic E-state index is 13.1. The number of ether oxygens (including phenoxy) is 1. The Bertz CT molecular complexity index is 673. The molecule has 0 saturated heterocycles. The number of carbonyl (C=O) groups excluding carboxylic acids is 2. The van der Waals surface area contributed by atoms with E-state index in [9.17, 15) is 14.0 Å². The molecule has 0 heterocycles. The maximum absolute atomic E-state index is 13.1. The predicted molar refractivity (Wildman–Crippen MR) is 85.3 cm³/mol. The third-order valence-corrected chi connectivity index (χ3v) is 3.23. The third kappa shape index (κ3) is 5.54. The van der Waals surface area contributed by atoms with Crippen molar-refractivity contribution in [3.63, 3.8) is 0 Å². The Morgan fingerprint density at radius 1 is 1.13 bits per heavy atom. The van der Waals surface area contributed by atoms with Crippen molar-refractivity contribution in [2.75, 3.05) is 5.32 Å². The van der Waals surface area contributed by atoms with E-state index in [1.54, 1.807) is 6.07 Å². The van der Waals surface area contributed by atoms with E-state index < -0.39 is 23.8 Å². The first-order valence-corrected chi connectivity index (χ1v) is 7.34. The summed E-state index contributed by atoms with van der Waals surface area (Å²) in [5, 5.41) is 2.51. The lowest BCUT2D eigenvalue weighted by Crippen LogP contribution is -2.30. The highest BCUT2D eigenvalue weighted by atomic mass is 19.1. The van der Waals surface area contributed by atoms with Gasteiger partial charge in [0.25, 0.3) is 5.91 Å². The van der Waals surface area contributed by atoms with Crippen LogP contribution >= 0.6 is 0 Å². The average Bonchev–Trinajstić information content (AvgIpc) is 2.54. The summed E-state index contributed by atoms with van der Waals surface area (Å²) in [6.07, 6.45) is -0.194. The van der Waals surface area contributed by atoms with Gasteiger partial charge in [0.05, 0.1) is 0 Å². The van der Waals surface area contributed by atoms with Crippen molar-refractivity contribution in [1.29, 1.82) is 0 Å². The Hall–Kier alpha value is -2.69. The highest BCUT2D eigenvalue weighted by Gasteiger charge is 2.18. The first-order chi connectivity index (χ1) is 11.0. The smallest absolute Gasteiger partial charge is 0.306 e. The molecular weight excluding hydrogens is 297 g/mol. The topological polar surface area (TPSA) is 55.4 Å². The molecule has 120 valence electrons. The number of carbonyl (C=O) groups is 2. The highest BCUT2D eigenvalue weighted by Crippen LogP contribution is 2.10. The van der Waals surface area contributed by atoms with E-state index in [1.165, 1.54) is 25.1 Å². The average molecular weight is 315 g/mol. The quantitative estimate of drug-likeness (QED) is 0.832. The van der Waals surface area contributed by atoms with Crippen LogP contribution in [0.25, 0.3) is 0 Å². The second kappa shape index (κ2) is 8.08. The van der Waals surface area contributed by atoms with Gasteiger partial charge in [-0.2, -0.15) is 0 Å². The standard InChI is InChI=1S/C18H18FNO3/c1-13(18(22)20-16-9-5-8-15(19)12-16)23-17(21)11-10-14-6-3-2-4-7-14/h2-9,12-13H,10-11H2,1H3,(H,20,22). The van der Waals surface area contributed by atoms with Crippen LogP contribution in [0.3, 0.4) is 0 Å². The fourth-order valence-corrected chi connectivity index (χ4v) is 2.01. The minimum atomic E-state index is -0.943. The lowest BCUT2D eigenvalue weighted by Gasteiger charge is -2.13. The molecule has 0 spiro atoms. The molecule has 2 aromatic rings. The first kappa shape index (κ1) is 16.7. The van der Waals surface area contributed by atoms with Gasteiger partial charge in [-0.05, 0) is 37.1 Å². The molecule has 2 rings (SSSR count). The zero-order chi connectivity index (χ0) is 16.7. The van der Waals surface area contributed by atoms with Crippen LogP contribution in [0.5, 0.6) is 0 Å². The minimum Gasteiger partial charge on any atom is -0.453 e. The number of nitrogens with one attached hydrogen (secondary N) is 1. The van der Waals surface area contributed by atoms with Crippen LogP contribution < -0.4 is 5.32 Å². The van der Waals surface area contributed by atoms with Crippen molar-refractivity contribution in [2.24, 2.45) is 0 Å². The molecule has 0 radical (unpaired) electrons. The van der Waals surface area contributed by atoms with Gasteiger partial charge in [-0.15, -0.1) is 0 Å². The highest BCUT2D eigenvalue weighted by molar-refractivity contribution is 5.95. The van der Waals surface area contributed by atoms with Gasteiger partial charge in [-0.3, -0.25) is 9.59 Å². The SMILES string of the molecule is CC(OC(=O)CCc1ccccc1)C(=O)Nc1cccc(F)c1. The molecule has 0 aliphatic rings. The normalized spacial score (nSPS) is 11.6. The molecule has 0 fully saturated rings. The summed E-state index contributed by atoms with van der Waals surface area (Å²) in [4.78, 5) is 23.7. The Morgan fingerprint density at radius 3 is 2.57 bits per heavy atom. The van der Waals surface area contributed by atoms with E-state index in [4.69, 9.17) is 4.74 Å². The zero-order valence-corrected chi connectivity index (χ0v) is 12.8. The summed E-state index contributed by atoms with van der Waals surface area (Å²) in [7, 11) is 0. The summed E-state index contributed by atoms with van der Waals surface area (Å²) >= 11 is 0. The number of hydrogen-bond donors (Lipinski definition) is 1. The molecule has 2 aromatic carbocycles. The molecule has 23 heavy (non-hydrogen) atoms. The number of benzene rings is 2. The van der Waals surface area contributed by atoms with Crippen LogP contribution in [0.1, 0.15) is 18.9 Å². The number of hydrogen-bond acceptors (Lipinski definition) is 3. The summed E-state index contributed by atoms with van der Waals surface area (Å²) in [5.74, 6) is -1.39. The van der Waals surface area contributed by atoms with Crippen LogP contribution in [0, 0.1) is 5.82 Å². The van der Waals surface area contributed by atoms with Crippen molar-refractivity contribution in [3.05, 3.63) is 66.0 Å². The molecule has 0 aliphatic heterocycles. The molecule has 1 amide bonds. The lowest BCUT2D eigenvalue weighted by atomic mass is 10.1. The molecule has 5 heteroatoms. The second-order valence-corrected chi connectivity index (χ2v) is 5.12. The monoisotopic (exact) mass is 315 g/mol. The summed E-state index contributed by atoms with van der Waals surface area (Å²) in [6.45, 7) is 1.48. The minimum absolute atomic E-state index is 0.196. The van der Waals surface area contributed by atoms with E-state index >= 15 is 0 Å². The number of rotatable bonds is 6. The number of esters is 1. The van der Waals surface area contributed by atoms with Crippen molar-refractivity contribution >= 4 is 17.6 Å². The van der Waals surface area contributed by atoms with Crippen molar-refractivity contribution in [1.82, 2.24) is 0 Å². The Morgan fingerprint density at radius 2 is 1.87 bits per heavy atom. The molecule has 0 saturated carbocycles. The van der Waals surface area contributed by atoms with Gasteiger partial charge in [0.2, 0.25) is 0 Å². The number of anilines is 1. The van der Waals surface area contributed by atoms with E-state index in [0.29, 0.717) is 12.1 Å². The van der Waals surface area contributed by atoms with E-state index in [2.05, 4.69) is 5.32 Å². The number of halogens is 1. The van der Waals surface area contributed by atoms with Gasteiger partial charge in [0.1, 0.15) is 5.82 Å². The Balaban J connectivity index is 1.79. The van der Waals surface area contributed by atoms with Gasteiger partial charge < -0.3 is 10.1 Å². The maximum Gasteiger partial charge on any atom is 0.306 e. The largest absolute Gasteiger partial charge is 0.453 e. The number of aryl methyl sites for hydroxylation is 1. The third-order valence-electron chi connectivity index (χ3n) is 3.23. The molecule has 1 N–H and O–H groups in total. The van der Waals surface area contributed by atoms with Gasteiger partial charge in [0, 0.05) is 12.1 Å². The molecule has 0 bridgehead atoms.